The summed E-state index contributed by atoms with van der Waals surface area (Å²) in [6.45, 7) is 9.34. The summed E-state index contributed by atoms with van der Waals surface area (Å²) in [7, 11) is 6.55. The fourth-order valence-electron chi connectivity index (χ4n) is 9.60. The molecule has 3 N–H and O–H groups in total. The van der Waals surface area contributed by atoms with Gasteiger partial charge in [0.25, 0.3) is 11.8 Å². The number of alkyl halides is 4. The maximum Gasteiger partial charge on any atom is 1.00 e. The van der Waals surface area contributed by atoms with Gasteiger partial charge in [0.2, 0.25) is 0 Å². The summed E-state index contributed by atoms with van der Waals surface area (Å²) in [6.07, 6.45) is 8.68. The molecule has 27 heteroatoms. The predicted octanol–water partition coefficient (Wildman–Crippen LogP) is 8.16. The number of methoxy groups -OCH3 is 2. The molecule has 464 valence electrons. The summed E-state index contributed by atoms with van der Waals surface area (Å²) in [5.41, 5.74) is 5.03. The SMILES string of the molecule is CC(C)(C)[O-].CN1CCC(F)(F)C[C@@H]1CO.COc1ccc2ncnc(Nc3ccc(Oc4ccn5ncnc5c4)c(C)c3)c2c1F.COc1ccc2ncnc(Nc3ccc(Oc4ccn5ncnc5c4)c(C)c3)c2c1OC[C@H]1CC(F)(F)CCN1C.[K+]. The van der Waals surface area contributed by atoms with Crippen LogP contribution in [-0.4, -0.2) is 148 Å². The zero-order valence-electron chi connectivity index (χ0n) is 51.0. The Morgan fingerprint density at radius 2 is 1.06 bits per heavy atom. The fourth-order valence-corrected chi connectivity index (χ4v) is 9.60. The van der Waals surface area contributed by atoms with E-state index < -0.39 is 29.3 Å². The van der Waals surface area contributed by atoms with E-state index in [-0.39, 0.29) is 107 Å². The molecule has 0 amide bonds. The molecule has 10 aromatic rings. The van der Waals surface area contributed by atoms with Crippen molar-refractivity contribution in [3.63, 3.8) is 0 Å². The van der Waals surface area contributed by atoms with Crippen LogP contribution >= 0.6 is 0 Å². The van der Waals surface area contributed by atoms with Crippen molar-refractivity contribution >= 4 is 56.1 Å². The van der Waals surface area contributed by atoms with Crippen molar-refractivity contribution in [3.05, 3.63) is 140 Å². The van der Waals surface area contributed by atoms with Crippen LogP contribution < -0.4 is 90.8 Å². The van der Waals surface area contributed by atoms with E-state index in [1.165, 1.54) is 39.5 Å². The number of nitrogens with zero attached hydrogens (tertiary/aromatic N) is 12. The van der Waals surface area contributed by atoms with Gasteiger partial charge in [-0.3, -0.25) is 4.90 Å². The molecule has 8 heterocycles. The minimum Gasteiger partial charge on any atom is -0.850 e. The number of halogens is 5. The Morgan fingerprint density at radius 3 is 1.53 bits per heavy atom. The topological polar surface area (TPSA) is 232 Å². The zero-order valence-corrected chi connectivity index (χ0v) is 54.1. The third-order valence-electron chi connectivity index (χ3n) is 14.3. The number of fused-ring (bicyclic) bond motifs is 4. The van der Waals surface area contributed by atoms with Crippen LogP contribution in [0.25, 0.3) is 33.1 Å². The molecular formula is C62H68F5KN14O7. The Hall–Kier alpha value is -7.47. The van der Waals surface area contributed by atoms with Gasteiger partial charge in [-0.05, 0) is 112 Å². The van der Waals surface area contributed by atoms with E-state index in [4.69, 9.17) is 28.8 Å². The number of hydrogen-bond acceptors (Lipinski definition) is 19. The molecule has 2 fully saturated rings. The van der Waals surface area contributed by atoms with Gasteiger partial charge in [0.1, 0.15) is 66.5 Å². The number of benzene rings is 4. The van der Waals surface area contributed by atoms with Gasteiger partial charge >= 0.3 is 51.4 Å². The van der Waals surface area contributed by atoms with Crippen molar-refractivity contribution in [2.75, 3.05) is 65.3 Å². The van der Waals surface area contributed by atoms with E-state index in [0.717, 1.165) is 22.5 Å². The molecule has 0 spiro atoms. The van der Waals surface area contributed by atoms with Crippen molar-refractivity contribution in [1.82, 2.24) is 58.9 Å². The first kappa shape index (κ1) is 67.5. The molecule has 2 atom stereocenters. The Bertz CT molecular complexity index is 4020. The van der Waals surface area contributed by atoms with E-state index in [2.05, 4.69) is 50.7 Å². The number of likely N-dealkylation sites (tertiary alicyclic amines) is 2. The number of rotatable bonds is 14. The summed E-state index contributed by atoms with van der Waals surface area (Å²) in [5, 5.41) is 34.4. The third kappa shape index (κ3) is 17.7. The van der Waals surface area contributed by atoms with Crippen LogP contribution in [0.3, 0.4) is 0 Å². The molecule has 2 aliphatic heterocycles. The Morgan fingerprint density at radius 1 is 0.607 bits per heavy atom. The number of hydrogen-bond donors (Lipinski definition) is 3. The second kappa shape index (κ2) is 29.4. The van der Waals surface area contributed by atoms with Crippen LogP contribution in [0, 0.1) is 19.7 Å². The molecule has 6 aromatic heterocycles. The van der Waals surface area contributed by atoms with E-state index in [1.54, 1.807) is 72.3 Å². The number of aryl methyl sites for hydroxylation is 2. The first-order chi connectivity index (χ1) is 42.0. The van der Waals surface area contributed by atoms with Crippen molar-refractivity contribution in [3.8, 4) is 40.2 Å². The van der Waals surface area contributed by atoms with E-state index in [0.29, 0.717) is 86.9 Å². The first-order valence-corrected chi connectivity index (χ1v) is 28.1. The van der Waals surface area contributed by atoms with Crippen LogP contribution in [0.5, 0.6) is 40.2 Å². The van der Waals surface area contributed by atoms with E-state index >= 15 is 0 Å². The normalized spacial score (nSPS) is 16.4. The van der Waals surface area contributed by atoms with Gasteiger partial charge in [0.05, 0.1) is 42.6 Å². The van der Waals surface area contributed by atoms with E-state index in [9.17, 15) is 27.1 Å². The van der Waals surface area contributed by atoms with Crippen molar-refractivity contribution in [1.29, 1.82) is 0 Å². The molecule has 0 unspecified atom stereocenters. The van der Waals surface area contributed by atoms with E-state index in [1.807, 2.05) is 92.5 Å². The minimum absolute atomic E-state index is 0. The largest absolute Gasteiger partial charge is 1.00 e. The average Bonchev–Trinajstić information content (AvgIpc) is 1.81. The van der Waals surface area contributed by atoms with Crippen LogP contribution in [0.15, 0.2) is 123 Å². The van der Waals surface area contributed by atoms with Gasteiger partial charge in [-0.25, -0.2) is 60.9 Å². The van der Waals surface area contributed by atoms with Gasteiger partial charge in [0.15, 0.2) is 34.4 Å². The molecule has 0 aliphatic carbocycles. The number of aliphatic hydroxyl groups is 1. The summed E-state index contributed by atoms with van der Waals surface area (Å²) >= 11 is 0. The molecule has 0 saturated carbocycles. The van der Waals surface area contributed by atoms with Gasteiger partial charge in [-0.1, -0.05) is 20.8 Å². The number of nitrogens with one attached hydrogen (secondary N) is 2. The van der Waals surface area contributed by atoms with Crippen LogP contribution in [0.2, 0.25) is 0 Å². The van der Waals surface area contributed by atoms with Gasteiger partial charge in [0, 0.05) is 86.8 Å². The molecule has 0 radical (unpaired) electrons. The van der Waals surface area contributed by atoms with Gasteiger partial charge < -0.3 is 49.4 Å². The van der Waals surface area contributed by atoms with Gasteiger partial charge in [-0.2, -0.15) is 10.2 Å². The quantitative estimate of drug-likeness (QED) is 0.0688. The summed E-state index contributed by atoms with van der Waals surface area (Å²) in [6, 6.07) is 24.5. The molecule has 89 heavy (non-hydrogen) atoms. The number of ether oxygens (including phenoxy) is 5. The standard InChI is InChI=1S/C29H29F2N7O3.C22H17FN6O2.C7H13F2NO.C4H9O.K/c1-18-12-19(4-6-23(18)41-21-8-10-38-25(13-21)33-17-35-38)36-28-26-22(32-16-34-28)5-7-24(39-3)27(26)40-15-20-14-29(30,31)9-11-37(20)2;1-13-9-14(3-5-17(13)31-15-7-8-29-19(10-15)25-12-27-29)28-22-20-16(24-11-26-22)4-6-18(30-2)21(20)23;1-10-3-2-7(8,9)4-6(10)5-11;1-4(2,3)5;/h4-8,10,12-13,16-17,20H,9,11,14-15H2,1-3H3,(H,32,34,36);3-12H,1-2H3,(H,24,26,28);6,11H,2-5H2,1H3;1-3H3;/q;;;-1;+1/t20-;;6-;;/m1.1../s1. The molecular weight excluding hydrogens is 1190 g/mol. The number of aliphatic hydroxyl groups excluding tert-OH is 1. The van der Waals surface area contributed by atoms with Crippen LogP contribution in [0.1, 0.15) is 57.6 Å². The van der Waals surface area contributed by atoms with Crippen LogP contribution in [-0.2, 0) is 0 Å². The van der Waals surface area contributed by atoms with Crippen molar-refractivity contribution < 1.29 is 107 Å². The second-order valence-electron chi connectivity index (χ2n) is 22.2. The zero-order chi connectivity index (χ0) is 62.9. The number of piperidine rings is 2. The Balaban J connectivity index is 0.000000187. The number of aromatic nitrogens is 10. The number of anilines is 4. The predicted molar refractivity (Wildman–Crippen MR) is 321 cm³/mol. The maximum absolute atomic E-state index is 14.8. The Kier molecular flexibility index (Phi) is 22.3. The summed E-state index contributed by atoms with van der Waals surface area (Å²) in [5.74, 6) is -1.27. The maximum atomic E-state index is 14.8. The molecule has 21 nitrogen and oxygen atoms in total. The number of likely N-dealkylation sites (N-methyl/N-ethyl adjacent to an activating group) is 2. The Labute approximate surface area is 553 Å². The minimum atomic E-state index is -2.71. The summed E-state index contributed by atoms with van der Waals surface area (Å²) < 4.78 is 101. The van der Waals surface area contributed by atoms with Gasteiger partial charge in [-0.15, -0.1) is 5.60 Å². The molecule has 12 rings (SSSR count). The van der Waals surface area contributed by atoms with Crippen LogP contribution in [0.4, 0.5) is 45.0 Å². The monoisotopic (exact) mass is 1250 g/mol. The first-order valence-electron chi connectivity index (χ1n) is 28.1. The third-order valence-corrected chi connectivity index (χ3v) is 14.3. The summed E-state index contributed by atoms with van der Waals surface area (Å²) in [4.78, 5) is 29.3. The second-order valence-corrected chi connectivity index (χ2v) is 22.2. The smallest absolute Gasteiger partial charge is 0.850 e. The van der Waals surface area contributed by atoms with Crippen molar-refractivity contribution in [2.45, 2.75) is 89.8 Å². The fraction of sp³-hybridized carbons (Fsp3) is 0.355. The number of pyridine rings is 2. The van der Waals surface area contributed by atoms with Crippen molar-refractivity contribution in [2.24, 2.45) is 0 Å². The molecule has 2 aliphatic rings. The molecule has 2 saturated heterocycles. The average molecular weight is 1260 g/mol. The molecule has 4 aromatic carbocycles. The molecule has 0 bridgehead atoms.